The first-order valence-corrected chi connectivity index (χ1v) is 11.2. The fraction of sp³-hybridized carbons (Fsp3) is 0.259. The first-order chi connectivity index (χ1) is 13.6. The van der Waals surface area contributed by atoms with E-state index in [2.05, 4.69) is 103 Å². The minimum Gasteiger partial charge on any atom is -0.0876 e. The average Bonchev–Trinajstić information content (AvgIpc) is 3.40. The van der Waals surface area contributed by atoms with Gasteiger partial charge < -0.3 is 0 Å². The van der Waals surface area contributed by atoms with Gasteiger partial charge in [-0.15, -0.1) is 0 Å². The molecule has 0 radical (unpaired) electrons. The molecule has 3 aliphatic carbocycles. The highest BCUT2D eigenvalue weighted by atomic mass is 79.9. The Kier molecular flexibility index (Phi) is 5.82. The molecular weight excluding hydrogens is 404 g/mol. The molecule has 1 heteroatoms. The monoisotopic (exact) mass is 430 g/mol. The van der Waals surface area contributed by atoms with Crippen molar-refractivity contribution in [2.75, 3.05) is 0 Å². The van der Waals surface area contributed by atoms with Crippen molar-refractivity contribution in [1.29, 1.82) is 0 Å². The number of halogens is 1. The maximum absolute atomic E-state index is 3.51. The molecule has 0 N–H and O–H groups in total. The largest absolute Gasteiger partial charge is 0.0876 e. The standard InChI is InChI=1S/C16H16.C11H11Br/c1-12-9-14-7-4-8-15(16(14)10-12)11-13-5-2-3-6-13;1-8-5-9-3-2-4-10(7-12)11(9)6-8/h2-9,13H,10-11H2,1H3;2-5H,6-7H2,1H3. The summed E-state index contributed by atoms with van der Waals surface area (Å²) >= 11 is 3.51. The zero-order chi connectivity index (χ0) is 19.5. The Bertz CT molecular complexity index is 989. The summed E-state index contributed by atoms with van der Waals surface area (Å²) < 4.78 is 0. The van der Waals surface area contributed by atoms with Crippen molar-refractivity contribution < 1.29 is 0 Å². The Labute approximate surface area is 177 Å². The van der Waals surface area contributed by atoms with Crippen molar-refractivity contribution in [2.45, 2.75) is 38.4 Å². The smallest absolute Gasteiger partial charge is 0.0286 e. The predicted octanol–water partition coefficient (Wildman–Crippen LogP) is 7.47. The highest BCUT2D eigenvalue weighted by Gasteiger charge is 2.15. The molecule has 0 heterocycles. The summed E-state index contributed by atoms with van der Waals surface area (Å²) in [5.74, 6) is 0.604. The number of fused-ring (bicyclic) bond motifs is 2. The van der Waals surface area contributed by atoms with Crippen molar-refractivity contribution in [3.05, 3.63) is 105 Å². The average molecular weight is 431 g/mol. The van der Waals surface area contributed by atoms with Crippen molar-refractivity contribution in [1.82, 2.24) is 0 Å². The van der Waals surface area contributed by atoms with Gasteiger partial charge in [0.1, 0.15) is 0 Å². The van der Waals surface area contributed by atoms with Gasteiger partial charge in [0.25, 0.3) is 0 Å². The Morgan fingerprint density at radius 3 is 1.89 bits per heavy atom. The lowest BCUT2D eigenvalue weighted by atomic mass is 9.94. The van der Waals surface area contributed by atoms with Crippen molar-refractivity contribution >= 4 is 28.1 Å². The van der Waals surface area contributed by atoms with Crippen LogP contribution in [0.5, 0.6) is 0 Å². The number of hydrogen-bond acceptors (Lipinski definition) is 0. The topological polar surface area (TPSA) is 0 Å². The van der Waals surface area contributed by atoms with E-state index in [1.54, 1.807) is 5.56 Å². The van der Waals surface area contributed by atoms with Gasteiger partial charge in [-0.05, 0) is 72.4 Å². The van der Waals surface area contributed by atoms with Crippen LogP contribution in [0.3, 0.4) is 0 Å². The van der Waals surface area contributed by atoms with Gasteiger partial charge in [0, 0.05) is 5.33 Å². The van der Waals surface area contributed by atoms with E-state index in [1.807, 2.05) is 0 Å². The molecule has 142 valence electrons. The molecule has 3 aliphatic rings. The summed E-state index contributed by atoms with van der Waals surface area (Å²) in [6, 6.07) is 13.2. The van der Waals surface area contributed by atoms with Crippen LogP contribution in [0.2, 0.25) is 0 Å². The third-order valence-electron chi connectivity index (χ3n) is 5.76. The second-order valence-electron chi connectivity index (χ2n) is 8.08. The molecule has 0 aromatic heterocycles. The molecule has 5 rings (SSSR count). The van der Waals surface area contributed by atoms with Gasteiger partial charge in [-0.1, -0.05) is 99.9 Å². The summed E-state index contributed by atoms with van der Waals surface area (Å²) in [5, 5.41) is 0.970. The molecule has 0 spiro atoms. The molecule has 0 saturated carbocycles. The molecule has 2 aromatic carbocycles. The third-order valence-corrected chi connectivity index (χ3v) is 6.36. The third kappa shape index (κ3) is 4.15. The molecule has 0 bridgehead atoms. The minimum absolute atomic E-state index is 0.604. The van der Waals surface area contributed by atoms with Gasteiger partial charge in [0.05, 0.1) is 0 Å². The predicted molar refractivity (Wildman–Crippen MR) is 126 cm³/mol. The summed E-state index contributed by atoms with van der Waals surface area (Å²) in [6.45, 7) is 4.41. The van der Waals surface area contributed by atoms with E-state index in [4.69, 9.17) is 0 Å². The quantitative estimate of drug-likeness (QED) is 0.442. The molecule has 28 heavy (non-hydrogen) atoms. The zero-order valence-electron chi connectivity index (χ0n) is 16.7. The summed E-state index contributed by atoms with van der Waals surface area (Å²) in [5.41, 5.74) is 11.8. The van der Waals surface area contributed by atoms with Crippen LogP contribution in [0.4, 0.5) is 0 Å². The number of hydrogen-bond donors (Lipinski definition) is 0. The second kappa shape index (κ2) is 8.49. The lowest BCUT2D eigenvalue weighted by Gasteiger charge is -2.11. The molecule has 0 aliphatic heterocycles. The fourth-order valence-electron chi connectivity index (χ4n) is 4.39. The SMILES string of the molecule is CC1=Cc2cccc(CBr)c2C1.CC1=Cc2cccc(CC3C=CC=C3)c2C1. The number of alkyl halides is 1. The Balaban J connectivity index is 0.000000143. The summed E-state index contributed by atoms with van der Waals surface area (Å²) in [7, 11) is 0. The Morgan fingerprint density at radius 1 is 0.786 bits per heavy atom. The van der Waals surface area contributed by atoms with Crippen LogP contribution < -0.4 is 0 Å². The maximum Gasteiger partial charge on any atom is 0.0286 e. The van der Waals surface area contributed by atoms with Crippen molar-refractivity contribution in [3.63, 3.8) is 0 Å². The molecular formula is C27H27Br. The van der Waals surface area contributed by atoms with Gasteiger partial charge in [-0.2, -0.15) is 0 Å². The van der Waals surface area contributed by atoms with Gasteiger partial charge >= 0.3 is 0 Å². The van der Waals surface area contributed by atoms with E-state index in [9.17, 15) is 0 Å². The van der Waals surface area contributed by atoms with Crippen LogP contribution in [-0.4, -0.2) is 0 Å². The van der Waals surface area contributed by atoms with Crippen LogP contribution in [0, 0.1) is 5.92 Å². The van der Waals surface area contributed by atoms with Gasteiger partial charge in [-0.25, -0.2) is 0 Å². The maximum atomic E-state index is 3.51. The van der Waals surface area contributed by atoms with Crippen LogP contribution in [-0.2, 0) is 24.6 Å². The second-order valence-corrected chi connectivity index (χ2v) is 8.64. The Morgan fingerprint density at radius 2 is 1.32 bits per heavy atom. The molecule has 0 nitrogen and oxygen atoms in total. The van der Waals surface area contributed by atoms with Gasteiger partial charge in [0.15, 0.2) is 0 Å². The van der Waals surface area contributed by atoms with Crippen LogP contribution in [0.25, 0.3) is 12.2 Å². The Hall–Kier alpha value is -2.12. The van der Waals surface area contributed by atoms with Crippen LogP contribution >= 0.6 is 15.9 Å². The van der Waals surface area contributed by atoms with E-state index >= 15 is 0 Å². The van der Waals surface area contributed by atoms with E-state index < -0.39 is 0 Å². The zero-order valence-corrected chi connectivity index (χ0v) is 18.3. The molecule has 2 aromatic rings. The molecule has 0 unspecified atom stereocenters. The fourth-order valence-corrected chi connectivity index (χ4v) is 4.91. The normalized spacial score (nSPS) is 16.4. The summed E-state index contributed by atoms with van der Waals surface area (Å²) in [6.07, 6.45) is 16.9. The minimum atomic E-state index is 0.604. The lowest BCUT2D eigenvalue weighted by Crippen LogP contribution is -2.00. The highest BCUT2D eigenvalue weighted by Crippen LogP contribution is 2.30. The number of rotatable bonds is 3. The molecule has 0 atom stereocenters. The van der Waals surface area contributed by atoms with Crippen molar-refractivity contribution in [2.24, 2.45) is 5.92 Å². The summed E-state index contributed by atoms with van der Waals surface area (Å²) in [4.78, 5) is 0. The number of benzene rings is 2. The number of allylic oxidation sites excluding steroid dienone is 6. The van der Waals surface area contributed by atoms with E-state index in [0.29, 0.717) is 5.92 Å². The van der Waals surface area contributed by atoms with E-state index in [0.717, 1.165) is 24.6 Å². The van der Waals surface area contributed by atoms with E-state index in [-0.39, 0.29) is 0 Å². The molecule has 0 amide bonds. The first-order valence-electron chi connectivity index (χ1n) is 10.1. The van der Waals surface area contributed by atoms with Gasteiger partial charge in [0.2, 0.25) is 0 Å². The molecule has 0 fully saturated rings. The van der Waals surface area contributed by atoms with E-state index in [1.165, 1.54) is 39.0 Å². The van der Waals surface area contributed by atoms with Crippen molar-refractivity contribution in [3.8, 4) is 0 Å². The van der Waals surface area contributed by atoms with Crippen LogP contribution in [0.15, 0.2) is 71.8 Å². The first kappa shape index (κ1) is 19.2. The van der Waals surface area contributed by atoms with Crippen LogP contribution in [0.1, 0.15) is 47.2 Å². The highest BCUT2D eigenvalue weighted by molar-refractivity contribution is 9.08. The molecule has 0 saturated heterocycles. The van der Waals surface area contributed by atoms with Gasteiger partial charge in [-0.3, -0.25) is 0 Å². The lowest BCUT2D eigenvalue weighted by molar-refractivity contribution is 0.807.